The number of alkyl halides is 1. The van der Waals surface area contributed by atoms with Crippen LogP contribution in [0.3, 0.4) is 0 Å². The number of nitrogens with zero attached hydrogens (tertiary/aromatic N) is 1. The zero-order valence-corrected chi connectivity index (χ0v) is 18.9. The van der Waals surface area contributed by atoms with Crippen molar-refractivity contribution in [2.24, 2.45) is 0 Å². The molecule has 2 aromatic carbocycles. The summed E-state index contributed by atoms with van der Waals surface area (Å²) in [6.45, 7) is 0.360. The number of halogens is 3. The van der Waals surface area contributed by atoms with Crippen LogP contribution in [-0.2, 0) is 16.0 Å². The molecule has 0 heterocycles. The minimum Gasteiger partial charge on any atom is -0.351 e. The van der Waals surface area contributed by atoms with Crippen molar-refractivity contribution < 1.29 is 9.59 Å². The summed E-state index contributed by atoms with van der Waals surface area (Å²) in [5.41, 5.74) is 1.74. The minimum absolute atomic E-state index is 0.150. The lowest BCUT2D eigenvalue weighted by molar-refractivity contribution is -0.139. The highest BCUT2D eigenvalue weighted by Crippen LogP contribution is 2.26. The lowest BCUT2D eigenvalue weighted by atomic mass is 10.0. The number of carbonyl (C=O) groups is 2. The van der Waals surface area contributed by atoms with Crippen LogP contribution in [0.4, 0.5) is 0 Å². The van der Waals surface area contributed by atoms with Crippen molar-refractivity contribution in [3.63, 3.8) is 0 Å². The maximum Gasteiger partial charge on any atom is 0.247 e. The van der Waals surface area contributed by atoms with Gasteiger partial charge in [0, 0.05) is 22.6 Å². The molecule has 30 heavy (non-hydrogen) atoms. The zero-order valence-electron chi connectivity index (χ0n) is 16.6. The molecule has 0 radical (unpaired) electrons. The van der Waals surface area contributed by atoms with E-state index in [1.54, 1.807) is 29.2 Å². The van der Waals surface area contributed by atoms with Gasteiger partial charge in [-0.05, 0) is 54.7 Å². The summed E-state index contributed by atoms with van der Waals surface area (Å²) in [5, 5.41) is 4.36. The lowest BCUT2D eigenvalue weighted by Gasteiger charge is -2.32. The third-order valence-corrected chi connectivity index (χ3v) is 6.17. The molecule has 7 heteroatoms. The van der Waals surface area contributed by atoms with Crippen molar-refractivity contribution in [1.29, 1.82) is 0 Å². The standard InChI is InChI=1S/C23H25Cl3N2O2/c24-15-21(29)28(14-13-16-5-9-18(25)10-6-16)22(17-7-11-19(26)12-8-17)23(30)27-20-3-1-2-4-20/h5-12,20,22H,1-4,13-15H2,(H,27,30). The third kappa shape index (κ3) is 6.13. The second kappa shape index (κ2) is 11.0. The summed E-state index contributed by atoms with van der Waals surface area (Å²) >= 11 is 17.9. The number of hydrogen-bond donors (Lipinski definition) is 1. The van der Waals surface area contributed by atoms with E-state index in [-0.39, 0.29) is 23.7 Å². The quantitative estimate of drug-likeness (QED) is 0.528. The van der Waals surface area contributed by atoms with Crippen LogP contribution in [0.15, 0.2) is 48.5 Å². The Morgan fingerprint density at radius 3 is 2.10 bits per heavy atom. The average Bonchev–Trinajstić information content (AvgIpc) is 3.25. The molecule has 1 atom stereocenters. The largest absolute Gasteiger partial charge is 0.351 e. The maximum atomic E-state index is 13.3. The van der Waals surface area contributed by atoms with Crippen molar-refractivity contribution in [3.05, 3.63) is 69.7 Å². The molecule has 0 spiro atoms. The SMILES string of the molecule is O=C(NC1CCCC1)C(c1ccc(Cl)cc1)N(CCc1ccc(Cl)cc1)C(=O)CCl. The Hall–Kier alpha value is -1.75. The smallest absolute Gasteiger partial charge is 0.247 e. The lowest BCUT2D eigenvalue weighted by Crippen LogP contribution is -2.47. The summed E-state index contributed by atoms with van der Waals surface area (Å²) in [4.78, 5) is 27.6. The first-order chi connectivity index (χ1) is 14.5. The second-order valence-corrected chi connectivity index (χ2v) is 8.68. The van der Waals surface area contributed by atoms with Crippen LogP contribution in [0.25, 0.3) is 0 Å². The van der Waals surface area contributed by atoms with Crippen molar-refractivity contribution in [2.45, 2.75) is 44.2 Å². The molecule has 2 amide bonds. The summed E-state index contributed by atoms with van der Waals surface area (Å²) in [6, 6.07) is 13.9. The van der Waals surface area contributed by atoms with E-state index in [1.807, 2.05) is 24.3 Å². The molecule has 1 fully saturated rings. The van der Waals surface area contributed by atoms with Gasteiger partial charge in [-0.3, -0.25) is 9.59 Å². The molecule has 0 bridgehead atoms. The predicted octanol–water partition coefficient (Wildman–Crippen LogP) is 5.40. The molecule has 1 aliphatic carbocycles. The van der Waals surface area contributed by atoms with E-state index in [4.69, 9.17) is 34.8 Å². The number of benzene rings is 2. The molecule has 0 saturated heterocycles. The van der Waals surface area contributed by atoms with Gasteiger partial charge in [-0.15, -0.1) is 11.6 Å². The molecular formula is C23H25Cl3N2O2. The van der Waals surface area contributed by atoms with Gasteiger partial charge in [-0.2, -0.15) is 0 Å². The van der Waals surface area contributed by atoms with Gasteiger partial charge < -0.3 is 10.2 Å². The number of nitrogens with one attached hydrogen (secondary N) is 1. The summed E-state index contributed by atoms with van der Waals surface area (Å²) in [5.74, 6) is -0.660. The van der Waals surface area contributed by atoms with Crippen LogP contribution in [0.5, 0.6) is 0 Å². The monoisotopic (exact) mass is 466 g/mol. The van der Waals surface area contributed by atoms with E-state index >= 15 is 0 Å². The third-order valence-electron chi connectivity index (χ3n) is 5.44. The first-order valence-electron chi connectivity index (χ1n) is 10.1. The highest BCUT2D eigenvalue weighted by Gasteiger charge is 2.32. The minimum atomic E-state index is -0.763. The molecular weight excluding hydrogens is 443 g/mol. The Labute approximate surface area is 192 Å². The van der Waals surface area contributed by atoms with Crippen LogP contribution in [0.2, 0.25) is 10.0 Å². The topological polar surface area (TPSA) is 49.4 Å². The molecule has 1 aliphatic rings. The van der Waals surface area contributed by atoms with Crippen LogP contribution >= 0.6 is 34.8 Å². The van der Waals surface area contributed by atoms with Crippen molar-refractivity contribution in [2.75, 3.05) is 12.4 Å². The Morgan fingerprint density at radius 1 is 0.967 bits per heavy atom. The molecule has 0 aromatic heterocycles. The van der Waals surface area contributed by atoms with Crippen molar-refractivity contribution >= 4 is 46.6 Å². The molecule has 1 saturated carbocycles. The fourth-order valence-electron chi connectivity index (χ4n) is 3.84. The average molecular weight is 468 g/mol. The van der Waals surface area contributed by atoms with Gasteiger partial charge in [-0.25, -0.2) is 0 Å². The molecule has 0 aliphatic heterocycles. The van der Waals surface area contributed by atoms with Gasteiger partial charge in [0.1, 0.15) is 11.9 Å². The predicted molar refractivity (Wildman–Crippen MR) is 122 cm³/mol. The van der Waals surface area contributed by atoms with Gasteiger partial charge in [0.2, 0.25) is 11.8 Å². The molecule has 160 valence electrons. The van der Waals surface area contributed by atoms with Gasteiger partial charge in [0.25, 0.3) is 0 Å². The van der Waals surface area contributed by atoms with E-state index in [0.717, 1.165) is 31.2 Å². The summed E-state index contributed by atoms with van der Waals surface area (Å²) < 4.78 is 0. The zero-order chi connectivity index (χ0) is 21.5. The van der Waals surface area contributed by atoms with Gasteiger partial charge in [0.05, 0.1) is 0 Å². The summed E-state index contributed by atoms with van der Waals surface area (Å²) in [6.07, 6.45) is 4.73. The van der Waals surface area contributed by atoms with E-state index in [9.17, 15) is 9.59 Å². The Bertz CT molecular complexity index is 850. The van der Waals surface area contributed by atoms with E-state index in [0.29, 0.717) is 28.6 Å². The van der Waals surface area contributed by atoms with Crippen molar-refractivity contribution in [3.8, 4) is 0 Å². The maximum absolute atomic E-state index is 13.3. The van der Waals surface area contributed by atoms with Crippen molar-refractivity contribution in [1.82, 2.24) is 10.2 Å². The first-order valence-corrected chi connectivity index (χ1v) is 11.4. The van der Waals surface area contributed by atoms with Crippen LogP contribution in [0.1, 0.15) is 42.9 Å². The highest BCUT2D eigenvalue weighted by atomic mass is 35.5. The van der Waals surface area contributed by atoms with Crippen LogP contribution < -0.4 is 5.32 Å². The Kier molecular flexibility index (Phi) is 8.43. The Balaban J connectivity index is 1.86. The number of hydrogen-bond acceptors (Lipinski definition) is 2. The molecule has 1 unspecified atom stereocenters. The van der Waals surface area contributed by atoms with E-state index < -0.39 is 6.04 Å². The molecule has 2 aromatic rings. The fourth-order valence-corrected chi connectivity index (χ4v) is 4.25. The van der Waals surface area contributed by atoms with Crippen LogP contribution in [0, 0.1) is 0 Å². The van der Waals surface area contributed by atoms with Crippen LogP contribution in [-0.4, -0.2) is 35.2 Å². The first kappa shape index (κ1) is 22.9. The number of rotatable bonds is 8. The van der Waals surface area contributed by atoms with Gasteiger partial charge in [-0.1, -0.05) is 60.3 Å². The van der Waals surface area contributed by atoms with Gasteiger partial charge >= 0.3 is 0 Å². The van der Waals surface area contributed by atoms with E-state index in [1.165, 1.54) is 0 Å². The molecule has 1 N–H and O–H groups in total. The highest BCUT2D eigenvalue weighted by molar-refractivity contribution is 6.30. The summed E-state index contributed by atoms with van der Waals surface area (Å²) in [7, 11) is 0. The van der Waals surface area contributed by atoms with E-state index in [2.05, 4.69) is 5.32 Å². The second-order valence-electron chi connectivity index (χ2n) is 7.54. The molecule has 4 nitrogen and oxygen atoms in total. The Morgan fingerprint density at radius 2 is 1.53 bits per heavy atom. The van der Waals surface area contributed by atoms with Gasteiger partial charge in [0.15, 0.2) is 0 Å². The number of amides is 2. The normalized spacial score (nSPS) is 15.0. The number of carbonyl (C=O) groups excluding carboxylic acids is 2. The fraction of sp³-hybridized carbons (Fsp3) is 0.391. The molecule has 3 rings (SSSR count).